The summed E-state index contributed by atoms with van der Waals surface area (Å²) in [4.78, 5) is 1.33. The third kappa shape index (κ3) is 3.71. The van der Waals surface area contributed by atoms with Gasteiger partial charge in [-0.15, -0.1) is 11.3 Å². The highest BCUT2D eigenvalue weighted by Gasteiger charge is 2.27. The van der Waals surface area contributed by atoms with E-state index in [4.69, 9.17) is 5.73 Å². The highest BCUT2D eigenvalue weighted by atomic mass is 32.2. The van der Waals surface area contributed by atoms with Crippen LogP contribution in [-0.2, 0) is 23.1 Å². The Kier molecular flexibility index (Phi) is 5.16. The van der Waals surface area contributed by atoms with Crippen molar-refractivity contribution in [3.05, 3.63) is 52.2 Å². The van der Waals surface area contributed by atoms with Gasteiger partial charge in [-0.2, -0.15) is 4.31 Å². The molecular formula is C15H20N2O2S2. The van der Waals surface area contributed by atoms with Crippen LogP contribution in [0.25, 0.3) is 0 Å². The monoisotopic (exact) mass is 324 g/mol. The number of rotatable bonds is 6. The Hall–Kier alpha value is -1.21. The molecule has 0 spiro atoms. The van der Waals surface area contributed by atoms with Crippen LogP contribution in [0.2, 0.25) is 0 Å². The molecule has 0 saturated carbocycles. The van der Waals surface area contributed by atoms with Crippen LogP contribution in [0.1, 0.15) is 24.3 Å². The third-order valence-electron chi connectivity index (χ3n) is 3.21. The molecule has 114 valence electrons. The molecule has 2 aromatic rings. The maximum atomic E-state index is 12.9. The van der Waals surface area contributed by atoms with Gasteiger partial charge in [-0.25, -0.2) is 8.42 Å². The molecule has 0 aliphatic carbocycles. The zero-order valence-electron chi connectivity index (χ0n) is 12.2. The first kappa shape index (κ1) is 16.2. The Bertz CT molecular complexity index is 679. The molecule has 1 heterocycles. The van der Waals surface area contributed by atoms with Crippen LogP contribution in [0.4, 0.5) is 0 Å². The quantitative estimate of drug-likeness (QED) is 0.888. The van der Waals surface area contributed by atoms with Crippen LogP contribution < -0.4 is 5.73 Å². The molecule has 0 aliphatic rings. The molecule has 0 fully saturated rings. The predicted octanol–water partition coefficient (Wildman–Crippen LogP) is 2.81. The second-order valence-corrected chi connectivity index (χ2v) is 8.00. The van der Waals surface area contributed by atoms with E-state index < -0.39 is 10.0 Å². The zero-order chi connectivity index (χ0) is 15.5. The minimum absolute atomic E-state index is 0.112. The highest BCUT2D eigenvalue weighted by Crippen LogP contribution is 2.23. The Morgan fingerprint density at radius 3 is 2.57 bits per heavy atom. The van der Waals surface area contributed by atoms with Gasteiger partial charge < -0.3 is 5.73 Å². The van der Waals surface area contributed by atoms with E-state index in [2.05, 4.69) is 0 Å². The number of thiophene rings is 1. The summed E-state index contributed by atoms with van der Waals surface area (Å²) in [7, 11) is -3.52. The summed E-state index contributed by atoms with van der Waals surface area (Å²) in [6, 6.07) is 10.6. The van der Waals surface area contributed by atoms with Gasteiger partial charge >= 0.3 is 0 Å². The second kappa shape index (κ2) is 6.70. The summed E-state index contributed by atoms with van der Waals surface area (Å²) in [6.45, 7) is 4.50. The fourth-order valence-electron chi connectivity index (χ4n) is 2.07. The topological polar surface area (TPSA) is 63.4 Å². The van der Waals surface area contributed by atoms with Crippen LogP contribution in [-0.4, -0.2) is 18.8 Å². The van der Waals surface area contributed by atoms with E-state index in [9.17, 15) is 8.42 Å². The Morgan fingerprint density at radius 1 is 1.24 bits per heavy atom. The van der Waals surface area contributed by atoms with Gasteiger partial charge in [0.05, 0.1) is 4.90 Å². The van der Waals surface area contributed by atoms with Crippen molar-refractivity contribution in [2.45, 2.75) is 37.9 Å². The maximum Gasteiger partial charge on any atom is 0.243 e. The number of hydrogen-bond donors (Lipinski definition) is 1. The second-order valence-electron chi connectivity index (χ2n) is 5.07. The van der Waals surface area contributed by atoms with E-state index in [0.29, 0.717) is 18.0 Å². The Morgan fingerprint density at radius 2 is 2.00 bits per heavy atom. The minimum Gasteiger partial charge on any atom is -0.326 e. The lowest BCUT2D eigenvalue weighted by Gasteiger charge is -2.25. The fraction of sp³-hybridized carbons (Fsp3) is 0.333. The van der Waals surface area contributed by atoms with Gasteiger partial charge in [0.1, 0.15) is 0 Å². The van der Waals surface area contributed by atoms with Crippen LogP contribution in [0, 0.1) is 0 Å². The van der Waals surface area contributed by atoms with E-state index in [1.807, 2.05) is 37.4 Å². The summed E-state index contributed by atoms with van der Waals surface area (Å²) in [6.07, 6.45) is 0. The summed E-state index contributed by atoms with van der Waals surface area (Å²) < 4.78 is 27.2. The van der Waals surface area contributed by atoms with Crippen LogP contribution in [0.3, 0.4) is 0 Å². The third-order valence-corrected chi connectivity index (χ3v) is 6.09. The molecule has 0 atom stereocenters. The molecule has 1 aromatic heterocycles. The average Bonchev–Trinajstić information content (AvgIpc) is 2.97. The molecular weight excluding hydrogens is 304 g/mol. The normalized spacial score (nSPS) is 12.2. The van der Waals surface area contributed by atoms with Gasteiger partial charge in [0.25, 0.3) is 0 Å². The first-order valence-electron chi connectivity index (χ1n) is 6.78. The first-order chi connectivity index (χ1) is 9.95. The summed E-state index contributed by atoms with van der Waals surface area (Å²) in [5, 5.41) is 1.95. The van der Waals surface area contributed by atoms with E-state index >= 15 is 0 Å². The number of nitrogens with zero attached hydrogens (tertiary/aromatic N) is 1. The van der Waals surface area contributed by atoms with Crippen molar-refractivity contribution in [3.8, 4) is 0 Å². The molecule has 2 N–H and O–H groups in total. The zero-order valence-corrected chi connectivity index (χ0v) is 13.8. The largest absolute Gasteiger partial charge is 0.326 e. The molecule has 4 nitrogen and oxygen atoms in total. The van der Waals surface area contributed by atoms with E-state index in [-0.39, 0.29) is 6.04 Å². The van der Waals surface area contributed by atoms with Crippen molar-refractivity contribution in [2.75, 3.05) is 0 Å². The van der Waals surface area contributed by atoms with Gasteiger partial charge in [-0.05, 0) is 43.0 Å². The molecule has 0 bridgehead atoms. The van der Waals surface area contributed by atoms with E-state index in [0.717, 1.165) is 10.4 Å². The first-order valence-corrected chi connectivity index (χ1v) is 9.10. The summed E-state index contributed by atoms with van der Waals surface area (Å²) >= 11 is 1.56. The molecule has 0 amide bonds. The van der Waals surface area contributed by atoms with Gasteiger partial charge in [-0.3, -0.25) is 0 Å². The average molecular weight is 324 g/mol. The molecule has 0 aliphatic heterocycles. The van der Waals surface area contributed by atoms with E-state index in [1.165, 1.54) is 4.31 Å². The standard InChI is InChI=1S/C15H20N2O2S2/c1-12(2)17(11-14-6-4-8-20-14)21(18,19)15-7-3-5-13(9-15)10-16/h3-9,12H,10-11,16H2,1-2H3. The highest BCUT2D eigenvalue weighted by molar-refractivity contribution is 7.89. The molecule has 0 unspecified atom stereocenters. The molecule has 2 rings (SSSR count). The van der Waals surface area contributed by atoms with Crippen molar-refractivity contribution in [1.29, 1.82) is 0 Å². The summed E-state index contributed by atoms with van der Waals surface area (Å²) in [5.74, 6) is 0. The van der Waals surface area contributed by atoms with Gasteiger partial charge in [-0.1, -0.05) is 18.2 Å². The lowest BCUT2D eigenvalue weighted by molar-refractivity contribution is 0.350. The van der Waals surface area contributed by atoms with Gasteiger partial charge in [0.15, 0.2) is 0 Å². The molecule has 0 saturated heterocycles. The van der Waals surface area contributed by atoms with Crippen molar-refractivity contribution >= 4 is 21.4 Å². The predicted molar refractivity (Wildman–Crippen MR) is 86.5 cm³/mol. The van der Waals surface area contributed by atoms with Crippen LogP contribution in [0.15, 0.2) is 46.7 Å². The van der Waals surface area contributed by atoms with Crippen molar-refractivity contribution in [3.63, 3.8) is 0 Å². The fourth-order valence-corrected chi connectivity index (χ4v) is 4.54. The number of benzene rings is 1. The SMILES string of the molecule is CC(C)N(Cc1cccs1)S(=O)(=O)c1cccc(CN)c1. The Balaban J connectivity index is 2.37. The van der Waals surface area contributed by atoms with Crippen molar-refractivity contribution in [1.82, 2.24) is 4.31 Å². The van der Waals surface area contributed by atoms with Crippen LogP contribution in [0.5, 0.6) is 0 Å². The molecule has 0 radical (unpaired) electrons. The van der Waals surface area contributed by atoms with E-state index in [1.54, 1.807) is 29.5 Å². The van der Waals surface area contributed by atoms with Crippen molar-refractivity contribution in [2.24, 2.45) is 5.73 Å². The Labute approximate surface area is 130 Å². The summed E-state index contributed by atoms with van der Waals surface area (Å²) in [5.41, 5.74) is 6.42. The number of hydrogen-bond acceptors (Lipinski definition) is 4. The van der Waals surface area contributed by atoms with Gasteiger partial charge in [0.2, 0.25) is 10.0 Å². The lowest BCUT2D eigenvalue weighted by atomic mass is 10.2. The maximum absolute atomic E-state index is 12.9. The minimum atomic E-state index is -3.52. The number of nitrogens with two attached hydrogens (primary N) is 1. The number of sulfonamides is 1. The van der Waals surface area contributed by atoms with Crippen molar-refractivity contribution < 1.29 is 8.42 Å². The van der Waals surface area contributed by atoms with Gasteiger partial charge in [0, 0.05) is 24.0 Å². The smallest absolute Gasteiger partial charge is 0.243 e. The van der Waals surface area contributed by atoms with Crippen LogP contribution >= 0.6 is 11.3 Å². The molecule has 21 heavy (non-hydrogen) atoms. The molecule has 6 heteroatoms. The lowest BCUT2D eigenvalue weighted by Crippen LogP contribution is -2.36. The molecule has 1 aromatic carbocycles.